The molecule has 2 nitrogen and oxygen atoms in total. The number of aromatic amines is 1. The summed E-state index contributed by atoms with van der Waals surface area (Å²) in [6.45, 7) is -1.17. The maximum absolute atomic E-state index is 13.1. The minimum atomic E-state index is -3.17. The summed E-state index contributed by atoms with van der Waals surface area (Å²) in [6.07, 6.45) is 1.69. The fourth-order valence-corrected chi connectivity index (χ4v) is 1.37. The van der Waals surface area contributed by atoms with Crippen molar-refractivity contribution in [3.05, 3.63) is 36.0 Å². The molecule has 2 N–H and O–H groups in total. The van der Waals surface area contributed by atoms with Gasteiger partial charge in [-0.05, 0) is 17.5 Å². The zero-order valence-electron chi connectivity index (χ0n) is 7.30. The fourth-order valence-electron chi connectivity index (χ4n) is 1.37. The molecular formula is C10H9F2NO. The molecule has 74 valence electrons. The molecule has 0 aliphatic rings. The van der Waals surface area contributed by atoms with Crippen molar-refractivity contribution in [2.75, 3.05) is 6.61 Å². The van der Waals surface area contributed by atoms with E-state index in [1.54, 1.807) is 18.3 Å². The van der Waals surface area contributed by atoms with Crippen LogP contribution in [0.1, 0.15) is 5.56 Å². The Morgan fingerprint density at radius 1 is 1.29 bits per heavy atom. The van der Waals surface area contributed by atoms with Crippen molar-refractivity contribution in [2.45, 2.75) is 5.92 Å². The highest BCUT2D eigenvalue weighted by Gasteiger charge is 2.30. The fraction of sp³-hybridized carbons (Fsp3) is 0.200. The molecule has 0 unspecified atom stereocenters. The van der Waals surface area contributed by atoms with Crippen molar-refractivity contribution < 1.29 is 13.9 Å². The largest absolute Gasteiger partial charge is 0.390 e. The molecule has 1 aromatic heterocycles. The molecule has 0 bridgehead atoms. The van der Waals surface area contributed by atoms with Gasteiger partial charge in [-0.1, -0.05) is 12.1 Å². The van der Waals surface area contributed by atoms with Crippen LogP contribution in [0.15, 0.2) is 30.5 Å². The standard InChI is InChI=1S/C10H9F2NO/c11-10(12,6-14)8-2-1-7-3-4-13-9(7)5-8/h1-5,13-14H,6H2. The summed E-state index contributed by atoms with van der Waals surface area (Å²) in [5.41, 5.74) is 0.477. The van der Waals surface area contributed by atoms with Crippen molar-refractivity contribution in [3.63, 3.8) is 0 Å². The zero-order chi connectivity index (χ0) is 10.2. The lowest BCUT2D eigenvalue weighted by Crippen LogP contribution is -2.18. The van der Waals surface area contributed by atoms with Gasteiger partial charge < -0.3 is 10.1 Å². The van der Waals surface area contributed by atoms with Crippen molar-refractivity contribution in [1.29, 1.82) is 0 Å². The first-order valence-electron chi connectivity index (χ1n) is 4.20. The zero-order valence-corrected chi connectivity index (χ0v) is 7.30. The Hall–Kier alpha value is -1.42. The predicted molar refractivity (Wildman–Crippen MR) is 49.3 cm³/mol. The number of alkyl halides is 2. The second kappa shape index (κ2) is 3.06. The van der Waals surface area contributed by atoms with Crippen molar-refractivity contribution in [2.24, 2.45) is 0 Å². The van der Waals surface area contributed by atoms with Crippen molar-refractivity contribution in [1.82, 2.24) is 4.98 Å². The molecule has 0 aliphatic carbocycles. The number of hydrogen-bond donors (Lipinski definition) is 2. The van der Waals surface area contributed by atoms with Gasteiger partial charge in [0.05, 0.1) is 0 Å². The molecule has 0 spiro atoms. The topological polar surface area (TPSA) is 36.0 Å². The molecule has 0 radical (unpaired) electrons. The number of nitrogens with one attached hydrogen (secondary N) is 1. The minimum absolute atomic E-state index is 0.171. The number of aliphatic hydroxyl groups excluding tert-OH is 1. The first-order chi connectivity index (χ1) is 6.63. The van der Waals surface area contributed by atoms with E-state index >= 15 is 0 Å². The summed E-state index contributed by atoms with van der Waals surface area (Å²) in [4.78, 5) is 2.84. The van der Waals surface area contributed by atoms with Crippen LogP contribution in [0.5, 0.6) is 0 Å². The van der Waals surface area contributed by atoms with Crippen molar-refractivity contribution >= 4 is 10.9 Å². The van der Waals surface area contributed by atoms with E-state index in [4.69, 9.17) is 5.11 Å². The molecule has 14 heavy (non-hydrogen) atoms. The molecule has 0 fully saturated rings. The molecular weight excluding hydrogens is 188 g/mol. The highest BCUT2D eigenvalue weighted by atomic mass is 19.3. The van der Waals surface area contributed by atoms with Crippen LogP contribution in [0.3, 0.4) is 0 Å². The van der Waals surface area contributed by atoms with E-state index in [1.807, 2.05) is 0 Å². The Kier molecular flexibility index (Phi) is 2.00. The number of halogens is 2. The number of hydrogen-bond acceptors (Lipinski definition) is 1. The van der Waals surface area contributed by atoms with Gasteiger partial charge in [0.1, 0.15) is 6.61 Å². The van der Waals surface area contributed by atoms with Gasteiger partial charge in [0.25, 0.3) is 5.92 Å². The lowest BCUT2D eigenvalue weighted by Gasteiger charge is -2.13. The minimum Gasteiger partial charge on any atom is -0.390 e. The molecule has 0 saturated heterocycles. The van der Waals surface area contributed by atoms with E-state index in [0.717, 1.165) is 5.39 Å². The second-order valence-corrected chi connectivity index (χ2v) is 3.14. The van der Waals surface area contributed by atoms with E-state index in [0.29, 0.717) is 5.52 Å². The summed E-state index contributed by atoms with van der Waals surface area (Å²) in [5, 5.41) is 9.39. The third-order valence-corrected chi connectivity index (χ3v) is 2.18. The predicted octanol–water partition coefficient (Wildman–Crippen LogP) is 2.25. The molecule has 1 heterocycles. The van der Waals surface area contributed by atoms with Crippen LogP contribution < -0.4 is 0 Å². The van der Waals surface area contributed by atoms with Gasteiger partial charge in [-0.3, -0.25) is 0 Å². The number of aromatic nitrogens is 1. The Labute approximate surface area is 79.2 Å². The molecule has 4 heteroatoms. The Morgan fingerprint density at radius 3 is 2.79 bits per heavy atom. The summed E-state index contributed by atoms with van der Waals surface area (Å²) in [6, 6.07) is 6.08. The summed E-state index contributed by atoms with van der Waals surface area (Å²) in [5.74, 6) is -3.17. The number of H-pyrrole nitrogens is 1. The third-order valence-electron chi connectivity index (χ3n) is 2.18. The molecule has 0 amide bonds. The number of aliphatic hydroxyl groups is 1. The van der Waals surface area contributed by atoms with Gasteiger partial charge in [0.15, 0.2) is 0 Å². The average Bonchev–Trinajstić information content (AvgIpc) is 2.64. The highest BCUT2D eigenvalue weighted by molar-refractivity contribution is 5.80. The van der Waals surface area contributed by atoms with Gasteiger partial charge in [-0.15, -0.1) is 0 Å². The summed E-state index contributed by atoms with van der Waals surface area (Å²) < 4.78 is 26.1. The van der Waals surface area contributed by atoms with Crippen LogP contribution in [0.25, 0.3) is 10.9 Å². The number of fused-ring (bicyclic) bond motifs is 1. The third kappa shape index (κ3) is 1.37. The Morgan fingerprint density at radius 2 is 2.07 bits per heavy atom. The summed E-state index contributed by atoms with van der Waals surface area (Å²) in [7, 11) is 0. The van der Waals surface area contributed by atoms with Crippen LogP contribution in [0, 0.1) is 0 Å². The van der Waals surface area contributed by atoms with E-state index in [-0.39, 0.29) is 5.56 Å². The molecule has 2 rings (SSSR count). The van der Waals surface area contributed by atoms with E-state index in [1.165, 1.54) is 12.1 Å². The SMILES string of the molecule is OCC(F)(F)c1ccc2cc[nH]c2c1. The quantitative estimate of drug-likeness (QED) is 0.761. The van der Waals surface area contributed by atoms with Crippen molar-refractivity contribution in [3.8, 4) is 0 Å². The summed E-state index contributed by atoms with van der Waals surface area (Å²) >= 11 is 0. The number of benzene rings is 1. The van der Waals surface area contributed by atoms with Crippen LogP contribution in [-0.4, -0.2) is 16.7 Å². The lowest BCUT2D eigenvalue weighted by molar-refractivity contribution is -0.0555. The van der Waals surface area contributed by atoms with E-state index in [2.05, 4.69) is 4.98 Å². The van der Waals surface area contributed by atoms with Crippen LogP contribution in [0.2, 0.25) is 0 Å². The molecule has 2 aromatic rings. The molecule has 0 atom stereocenters. The van der Waals surface area contributed by atoms with Gasteiger partial charge in [0.2, 0.25) is 0 Å². The van der Waals surface area contributed by atoms with Gasteiger partial charge in [-0.2, -0.15) is 8.78 Å². The van der Waals surface area contributed by atoms with E-state index in [9.17, 15) is 8.78 Å². The number of rotatable bonds is 2. The smallest absolute Gasteiger partial charge is 0.295 e. The monoisotopic (exact) mass is 197 g/mol. The molecule has 0 saturated carbocycles. The van der Waals surface area contributed by atoms with Gasteiger partial charge in [0, 0.05) is 17.3 Å². The average molecular weight is 197 g/mol. The molecule has 0 aliphatic heterocycles. The van der Waals surface area contributed by atoms with Crippen LogP contribution in [0.4, 0.5) is 8.78 Å². The van der Waals surface area contributed by atoms with Gasteiger partial charge >= 0.3 is 0 Å². The van der Waals surface area contributed by atoms with E-state index < -0.39 is 12.5 Å². The maximum Gasteiger partial charge on any atom is 0.295 e. The first-order valence-corrected chi connectivity index (χ1v) is 4.20. The normalized spacial score (nSPS) is 12.2. The van der Waals surface area contributed by atoms with Gasteiger partial charge in [-0.25, -0.2) is 0 Å². The lowest BCUT2D eigenvalue weighted by atomic mass is 10.1. The Bertz CT molecular complexity index is 450. The van der Waals surface area contributed by atoms with Crippen LogP contribution >= 0.6 is 0 Å². The first kappa shape index (κ1) is 9.15. The maximum atomic E-state index is 13.1. The Balaban J connectivity index is 2.53. The second-order valence-electron chi connectivity index (χ2n) is 3.14. The van der Waals surface area contributed by atoms with Crippen LogP contribution in [-0.2, 0) is 5.92 Å². The molecule has 1 aromatic carbocycles. The highest BCUT2D eigenvalue weighted by Crippen LogP contribution is 2.29.